The van der Waals surface area contributed by atoms with Crippen molar-refractivity contribution in [3.8, 4) is 11.1 Å². The second kappa shape index (κ2) is 7.03. The summed E-state index contributed by atoms with van der Waals surface area (Å²) in [7, 11) is 0. The quantitative estimate of drug-likeness (QED) is 0.693. The van der Waals surface area contributed by atoms with Crippen LogP contribution in [0.5, 0.6) is 0 Å². The van der Waals surface area contributed by atoms with Crippen LogP contribution in [0.2, 0.25) is 0 Å². The van der Waals surface area contributed by atoms with Gasteiger partial charge in [-0.05, 0) is 42.5 Å². The highest BCUT2D eigenvalue weighted by Gasteiger charge is 2.37. The summed E-state index contributed by atoms with van der Waals surface area (Å²) >= 11 is 0. The van der Waals surface area contributed by atoms with Crippen LogP contribution in [0.25, 0.3) is 11.1 Å². The Balaban J connectivity index is 1.47. The highest BCUT2D eigenvalue weighted by molar-refractivity contribution is 5.92. The Hall–Kier alpha value is -3.15. The number of aryl methyl sites for hydroxylation is 1. The maximum absolute atomic E-state index is 13.0. The van der Waals surface area contributed by atoms with Gasteiger partial charge in [-0.2, -0.15) is 5.10 Å². The molecule has 6 heteroatoms. The molecule has 29 heavy (non-hydrogen) atoms. The predicted octanol–water partition coefficient (Wildman–Crippen LogP) is 2.99. The van der Waals surface area contributed by atoms with Gasteiger partial charge in [0.2, 0.25) is 0 Å². The van der Waals surface area contributed by atoms with Crippen LogP contribution >= 0.6 is 0 Å². The van der Waals surface area contributed by atoms with Gasteiger partial charge < -0.3 is 9.47 Å². The van der Waals surface area contributed by atoms with Crippen molar-refractivity contribution in [2.45, 2.75) is 32.4 Å². The van der Waals surface area contributed by atoms with Crippen molar-refractivity contribution in [3.63, 3.8) is 0 Å². The summed E-state index contributed by atoms with van der Waals surface area (Å²) in [6.45, 7) is 4.74. The average Bonchev–Trinajstić information content (AvgIpc) is 3.23. The highest BCUT2D eigenvalue weighted by atomic mass is 16.2. The van der Waals surface area contributed by atoms with Crippen LogP contribution in [-0.2, 0) is 13.1 Å². The van der Waals surface area contributed by atoms with E-state index in [1.807, 2.05) is 52.9 Å². The molecule has 0 aliphatic carbocycles. The van der Waals surface area contributed by atoms with E-state index in [0.29, 0.717) is 31.2 Å². The summed E-state index contributed by atoms with van der Waals surface area (Å²) in [5, 5.41) is 4.38. The number of aromatic nitrogens is 3. The van der Waals surface area contributed by atoms with Crippen LogP contribution in [-0.4, -0.2) is 38.2 Å². The molecule has 2 atom stereocenters. The van der Waals surface area contributed by atoms with Gasteiger partial charge in [0.1, 0.15) is 5.69 Å². The SMILES string of the molecule is CCn1ccc(C(=O)N2C[C@@H]3C[C@H](C2)c2cc(-c4ccccc4)cc(=O)n2C3)n1. The third-order valence-corrected chi connectivity index (χ3v) is 6.13. The number of amides is 1. The van der Waals surface area contributed by atoms with Crippen molar-refractivity contribution >= 4 is 5.91 Å². The first-order valence-corrected chi connectivity index (χ1v) is 10.3. The van der Waals surface area contributed by atoms with E-state index in [0.717, 1.165) is 29.8 Å². The van der Waals surface area contributed by atoms with Gasteiger partial charge in [-0.3, -0.25) is 14.3 Å². The van der Waals surface area contributed by atoms with E-state index in [1.54, 1.807) is 16.8 Å². The lowest BCUT2D eigenvalue weighted by molar-refractivity contribution is 0.0588. The lowest BCUT2D eigenvalue weighted by atomic mass is 9.82. The van der Waals surface area contributed by atoms with Crippen molar-refractivity contribution in [2.75, 3.05) is 13.1 Å². The smallest absolute Gasteiger partial charge is 0.274 e. The highest BCUT2D eigenvalue weighted by Crippen LogP contribution is 2.37. The van der Waals surface area contributed by atoms with Gasteiger partial charge in [0.05, 0.1) is 0 Å². The third-order valence-electron chi connectivity index (χ3n) is 6.13. The molecule has 2 aliphatic rings. The number of carbonyl (C=O) groups excluding carboxylic acids is 1. The predicted molar refractivity (Wildman–Crippen MR) is 111 cm³/mol. The van der Waals surface area contributed by atoms with E-state index >= 15 is 0 Å². The van der Waals surface area contributed by atoms with Gasteiger partial charge in [0.15, 0.2) is 0 Å². The molecule has 1 aromatic carbocycles. The zero-order chi connectivity index (χ0) is 20.0. The van der Waals surface area contributed by atoms with Crippen molar-refractivity contribution in [1.82, 2.24) is 19.2 Å². The van der Waals surface area contributed by atoms with E-state index in [1.165, 1.54) is 0 Å². The largest absolute Gasteiger partial charge is 0.336 e. The number of fused-ring (bicyclic) bond motifs is 4. The van der Waals surface area contributed by atoms with Crippen LogP contribution in [0.1, 0.15) is 35.4 Å². The van der Waals surface area contributed by atoms with E-state index in [4.69, 9.17) is 0 Å². The Morgan fingerprint density at radius 2 is 1.90 bits per heavy atom. The number of nitrogens with zero attached hydrogens (tertiary/aromatic N) is 4. The van der Waals surface area contributed by atoms with E-state index in [-0.39, 0.29) is 17.4 Å². The molecule has 1 saturated heterocycles. The minimum Gasteiger partial charge on any atom is -0.336 e. The van der Waals surface area contributed by atoms with Crippen molar-refractivity contribution in [1.29, 1.82) is 0 Å². The normalized spacial score (nSPS) is 20.4. The summed E-state index contributed by atoms with van der Waals surface area (Å²) in [5.41, 5.74) is 3.60. The number of likely N-dealkylation sites (tertiary alicyclic amines) is 1. The van der Waals surface area contributed by atoms with Crippen molar-refractivity contribution in [3.05, 3.63) is 76.5 Å². The minimum atomic E-state index is -0.0121. The molecule has 0 unspecified atom stereocenters. The van der Waals surface area contributed by atoms with Gasteiger partial charge in [-0.1, -0.05) is 30.3 Å². The van der Waals surface area contributed by atoms with Crippen LogP contribution in [0.15, 0.2) is 59.5 Å². The fourth-order valence-corrected chi connectivity index (χ4v) is 4.74. The zero-order valence-electron chi connectivity index (χ0n) is 16.5. The maximum atomic E-state index is 13.0. The first-order valence-electron chi connectivity index (χ1n) is 10.3. The second-order valence-electron chi connectivity index (χ2n) is 8.05. The van der Waals surface area contributed by atoms with Crippen LogP contribution in [0.4, 0.5) is 0 Å². The molecule has 1 fully saturated rings. The molecular formula is C23H24N4O2. The molecule has 148 valence electrons. The lowest BCUT2D eigenvalue weighted by Crippen LogP contribution is -2.49. The number of piperidine rings is 1. The summed E-state index contributed by atoms with van der Waals surface area (Å²) < 4.78 is 3.69. The molecule has 2 aromatic heterocycles. The molecule has 0 spiro atoms. The summed E-state index contributed by atoms with van der Waals surface area (Å²) in [6, 6.07) is 15.7. The van der Waals surface area contributed by atoms with E-state index in [9.17, 15) is 9.59 Å². The first-order chi connectivity index (χ1) is 14.1. The first kappa shape index (κ1) is 17.9. The molecule has 6 nitrogen and oxygen atoms in total. The van der Waals surface area contributed by atoms with Gasteiger partial charge in [0, 0.05) is 50.1 Å². The number of hydrogen-bond acceptors (Lipinski definition) is 3. The fraction of sp³-hybridized carbons (Fsp3) is 0.348. The van der Waals surface area contributed by atoms with Crippen molar-refractivity contribution in [2.24, 2.45) is 5.92 Å². The topological polar surface area (TPSA) is 60.1 Å². The van der Waals surface area contributed by atoms with Crippen LogP contribution in [0.3, 0.4) is 0 Å². The maximum Gasteiger partial charge on any atom is 0.274 e. The van der Waals surface area contributed by atoms with Gasteiger partial charge in [-0.15, -0.1) is 0 Å². The van der Waals surface area contributed by atoms with E-state index < -0.39 is 0 Å². The molecule has 2 bridgehead atoms. The Bertz CT molecular complexity index is 1120. The summed E-state index contributed by atoms with van der Waals surface area (Å²) in [5.74, 6) is 0.469. The molecule has 5 rings (SSSR count). The van der Waals surface area contributed by atoms with Crippen LogP contribution < -0.4 is 5.56 Å². The Kier molecular flexibility index (Phi) is 4.34. The number of hydrogen-bond donors (Lipinski definition) is 0. The third kappa shape index (κ3) is 3.18. The zero-order valence-corrected chi connectivity index (χ0v) is 16.5. The lowest BCUT2D eigenvalue weighted by Gasteiger charge is -2.42. The monoisotopic (exact) mass is 388 g/mol. The van der Waals surface area contributed by atoms with Crippen LogP contribution in [0, 0.1) is 5.92 Å². The molecule has 0 saturated carbocycles. The Labute approximate surface area is 169 Å². The standard InChI is InChI=1S/C23H24N4O2/c1-2-26-9-8-20(24-26)23(29)25-13-16-10-19(15-25)21-11-18(12-22(28)27(21)14-16)17-6-4-3-5-7-17/h3-9,11-12,16,19H,2,10,13-15H2,1H3/t16-,19+/m0/s1. The van der Waals surface area contributed by atoms with Gasteiger partial charge in [-0.25, -0.2) is 0 Å². The molecule has 0 N–H and O–H groups in total. The number of carbonyl (C=O) groups is 1. The molecule has 2 aliphatic heterocycles. The minimum absolute atomic E-state index is 0.0121. The molecule has 4 heterocycles. The second-order valence-corrected chi connectivity index (χ2v) is 8.05. The molecular weight excluding hydrogens is 364 g/mol. The Morgan fingerprint density at radius 1 is 1.07 bits per heavy atom. The molecule has 3 aromatic rings. The summed E-state index contributed by atoms with van der Waals surface area (Å²) in [4.78, 5) is 27.8. The number of pyridine rings is 1. The average molecular weight is 388 g/mol. The van der Waals surface area contributed by atoms with E-state index in [2.05, 4.69) is 11.2 Å². The number of benzene rings is 1. The number of rotatable bonds is 3. The molecule has 0 radical (unpaired) electrons. The summed E-state index contributed by atoms with van der Waals surface area (Å²) in [6.07, 6.45) is 2.86. The van der Waals surface area contributed by atoms with Gasteiger partial charge in [0.25, 0.3) is 11.5 Å². The molecule has 1 amide bonds. The van der Waals surface area contributed by atoms with Gasteiger partial charge >= 0.3 is 0 Å². The Morgan fingerprint density at radius 3 is 2.66 bits per heavy atom. The van der Waals surface area contributed by atoms with Crippen molar-refractivity contribution < 1.29 is 4.79 Å². The fourth-order valence-electron chi connectivity index (χ4n) is 4.74.